The lowest BCUT2D eigenvalue weighted by Crippen LogP contribution is -2.33. The molecule has 0 aliphatic carbocycles. The van der Waals surface area contributed by atoms with Crippen LogP contribution in [0, 0.1) is 5.41 Å². The summed E-state index contributed by atoms with van der Waals surface area (Å²) in [6.07, 6.45) is 3.01. The number of ether oxygens (including phenoxy) is 1. The third-order valence-electron chi connectivity index (χ3n) is 5.30. The van der Waals surface area contributed by atoms with E-state index in [1.807, 2.05) is 0 Å². The summed E-state index contributed by atoms with van der Waals surface area (Å²) in [7, 11) is 1.51. The smallest absolute Gasteiger partial charge is 0.295 e. The highest BCUT2D eigenvalue weighted by molar-refractivity contribution is 6.17. The predicted molar refractivity (Wildman–Crippen MR) is 117 cm³/mol. The van der Waals surface area contributed by atoms with Crippen LogP contribution in [0.15, 0.2) is 70.8 Å². The summed E-state index contributed by atoms with van der Waals surface area (Å²) in [5.74, 6) is -0.843. The second kappa shape index (κ2) is 7.96. The third-order valence-corrected chi connectivity index (χ3v) is 5.30. The van der Waals surface area contributed by atoms with Crippen LogP contribution >= 0.6 is 0 Å². The number of rotatable bonds is 5. The van der Waals surface area contributed by atoms with E-state index >= 15 is 0 Å². The number of hydrogen-bond donors (Lipinski definition) is 1. The molecule has 1 unspecified atom stereocenters. The van der Waals surface area contributed by atoms with Gasteiger partial charge in [-0.25, -0.2) is 4.98 Å². The van der Waals surface area contributed by atoms with Crippen molar-refractivity contribution in [1.29, 1.82) is 0 Å². The molecule has 8 heteroatoms. The van der Waals surface area contributed by atoms with Gasteiger partial charge in [0.2, 0.25) is 0 Å². The van der Waals surface area contributed by atoms with Crippen molar-refractivity contribution in [3.63, 3.8) is 0 Å². The van der Waals surface area contributed by atoms with Crippen LogP contribution in [0.3, 0.4) is 0 Å². The molecule has 3 aromatic rings. The van der Waals surface area contributed by atoms with Crippen molar-refractivity contribution in [2.75, 3.05) is 12.0 Å². The number of aromatic nitrogens is 2. The van der Waals surface area contributed by atoms with Crippen molar-refractivity contribution in [2.24, 2.45) is 5.41 Å². The molecule has 1 aliphatic rings. The number of aliphatic hydroxyl groups is 1. The Balaban J connectivity index is 1.86. The molecule has 0 radical (unpaired) electrons. The molecule has 32 heavy (non-hydrogen) atoms. The average molecular weight is 433 g/mol. The van der Waals surface area contributed by atoms with Crippen LogP contribution in [0.4, 0.5) is 5.82 Å². The summed E-state index contributed by atoms with van der Waals surface area (Å²) >= 11 is 0. The van der Waals surface area contributed by atoms with Gasteiger partial charge in [-0.05, 0) is 18.2 Å². The lowest BCUT2D eigenvalue weighted by Gasteiger charge is -2.29. The van der Waals surface area contributed by atoms with Crippen molar-refractivity contribution < 1.29 is 24.0 Å². The van der Waals surface area contributed by atoms with E-state index < -0.39 is 23.1 Å². The van der Waals surface area contributed by atoms with E-state index in [1.54, 1.807) is 69.4 Å². The molecule has 0 fully saturated rings. The third kappa shape index (κ3) is 3.53. The van der Waals surface area contributed by atoms with E-state index in [0.29, 0.717) is 22.6 Å². The minimum atomic E-state index is -0.893. The molecule has 1 aromatic carbocycles. The maximum Gasteiger partial charge on any atom is 0.295 e. The van der Waals surface area contributed by atoms with E-state index in [-0.39, 0.29) is 17.2 Å². The highest BCUT2D eigenvalue weighted by atomic mass is 16.5. The predicted octanol–water partition coefficient (Wildman–Crippen LogP) is 4.26. The first-order chi connectivity index (χ1) is 15.2. The van der Waals surface area contributed by atoms with Crippen molar-refractivity contribution in [1.82, 2.24) is 10.1 Å². The largest absolute Gasteiger partial charge is 0.503 e. The maximum atomic E-state index is 13.3. The van der Waals surface area contributed by atoms with Gasteiger partial charge < -0.3 is 14.4 Å². The van der Waals surface area contributed by atoms with Crippen molar-refractivity contribution >= 4 is 17.5 Å². The summed E-state index contributed by atoms with van der Waals surface area (Å²) in [5, 5.41) is 14.7. The van der Waals surface area contributed by atoms with Gasteiger partial charge in [-0.3, -0.25) is 14.5 Å². The van der Waals surface area contributed by atoms with E-state index in [1.165, 1.54) is 18.3 Å². The Morgan fingerprint density at radius 1 is 1.16 bits per heavy atom. The second-order valence-corrected chi connectivity index (χ2v) is 8.45. The molecule has 1 atom stereocenters. The van der Waals surface area contributed by atoms with Gasteiger partial charge in [0, 0.05) is 28.8 Å². The number of anilines is 1. The quantitative estimate of drug-likeness (QED) is 0.641. The minimum absolute atomic E-state index is 0.0226. The number of hydrogen-bond acceptors (Lipinski definition) is 7. The van der Waals surface area contributed by atoms with Gasteiger partial charge in [0.1, 0.15) is 29.6 Å². The summed E-state index contributed by atoms with van der Waals surface area (Å²) in [4.78, 5) is 32.3. The topological polar surface area (TPSA) is 106 Å². The zero-order valence-electron chi connectivity index (χ0n) is 18.2. The number of nitrogens with zero attached hydrogens (tertiary/aromatic N) is 3. The van der Waals surface area contributed by atoms with Crippen LogP contribution in [0.2, 0.25) is 0 Å². The van der Waals surface area contributed by atoms with Gasteiger partial charge >= 0.3 is 0 Å². The van der Waals surface area contributed by atoms with Gasteiger partial charge in [0.25, 0.3) is 5.91 Å². The molecule has 1 aliphatic heterocycles. The average Bonchev–Trinajstić information content (AvgIpc) is 3.40. The van der Waals surface area contributed by atoms with Gasteiger partial charge in [-0.2, -0.15) is 0 Å². The first-order valence-electron chi connectivity index (χ1n) is 10.0. The Labute approximate surface area is 185 Å². The number of pyridine rings is 1. The fraction of sp³-hybridized carbons (Fsp3) is 0.250. The Kier molecular flexibility index (Phi) is 5.30. The zero-order chi connectivity index (χ0) is 23.0. The highest BCUT2D eigenvalue weighted by Crippen LogP contribution is 2.45. The number of para-hydroxylation sites is 1. The molecule has 0 saturated heterocycles. The fourth-order valence-electron chi connectivity index (χ4n) is 3.71. The lowest BCUT2D eigenvalue weighted by molar-refractivity contribution is -0.123. The first kappa shape index (κ1) is 21.3. The fourth-order valence-corrected chi connectivity index (χ4v) is 3.71. The van der Waals surface area contributed by atoms with Crippen molar-refractivity contribution in [3.05, 3.63) is 71.8 Å². The Hall–Kier alpha value is -3.94. The van der Waals surface area contributed by atoms with E-state index in [4.69, 9.17) is 9.26 Å². The number of ketones is 1. The van der Waals surface area contributed by atoms with Gasteiger partial charge in [-0.15, -0.1) is 0 Å². The van der Waals surface area contributed by atoms with Crippen LogP contribution in [0.5, 0.6) is 5.75 Å². The number of carbonyl (C=O) groups is 2. The molecular weight excluding hydrogens is 410 g/mol. The number of benzene rings is 1. The van der Waals surface area contributed by atoms with E-state index in [2.05, 4.69) is 10.1 Å². The molecule has 1 amide bonds. The number of carbonyl (C=O) groups excluding carboxylic acids is 2. The summed E-state index contributed by atoms with van der Waals surface area (Å²) in [6.45, 7) is 5.23. The number of Topliss-reactive ketones (excluding diaryl/α,β-unsaturated/α-hetero) is 1. The summed E-state index contributed by atoms with van der Waals surface area (Å²) in [5.41, 5.74) is 1.08. The van der Waals surface area contributed by atoms with Crippen LogP contribution < -0.4 is 9.64 Å². The van der Waals surface area contributed by atoms with Crippen LogP contribution in [-0.2, 0) is 9.59 Å². The molecule has 8 nitrogen and oxygen atoms in total. The van der Waals surface area contributed by atoms with Crippen LogP contribution in [0.1, 0.15) is 32.4 Å². The molecule has 0 saturated carbocycles. The zero-order valence-corrected chi connectivity index (χ0v) is 18.2. The molecule has 4 rings (SSSR count). The monoisotopic (exact) mass is 433 g/mol. The summed E-state index contributed by atoms with van der Waals surface area (Å²) in [6, 6.07) is 11.3. The van der Waals surface area contributed by atoms with Gasteiger partial charge in [0.15, 0.2) is 11.5 Å². The van der Waals surface area contributed by atoms with E-state index in [9.17, 15) is 14.7 Å². The Morgan fingerprint density at radius 2 is 1.91 bits per heavy atom. The number of aliphatic hydroxyl groups excluding tert-OH is 1. The molecule has 3 heterocycles. The maximum absolute atomic E-state index is 13.3. The van der Waals surface area contributed by atoms with Crippen molar-refractivity contribution in [2.45, 2.75) is 26.8 Å². The lowest BCUT2D eigenvalue weighted by atomic mass is 9.82. The highest BCUT2D eigenvalue weighted by Gasteiger charge is 2.48. The second-order valence-electron chi connectivity index (χ2n) is 8.45. The van der Waals surface area contributed by atoms with Crippen LogP contribution in [-0.4, -0.2) is 34.0 Å². The Bertz CT molecular complexity index is 1190. The van der Waals surface area contributed by atoms with Gasteiger partial charge in [-0.1, -0.05) is 44.1 Å². The minimum Gasteiger partial charge on any atom is -0.503 e. The van der Waals surface area contributed by atoms with Gasteiger partial charge in [0.05, 0.1) is 12.7 Å². The molecule has 2 aromatic heterocycles. The molecule has 0 spiro atoms. The normalized spacial score (nSPS) is 16.6. The molecule has 1 N–H and O–H groups in total. The SMILES string of the molecule is COc1ccccc1C1C(C(=O)C(C)(C)C)=C(O)C(=O)N1c1ccc(-c2ccon2)cn1. The molecule has 0 bridgehead atoms. The number of methoxy groups -OCH3 is 1. The standard InChI is InChI=1S/C24H23N3O5/c1-24(2,3)22(29)19-20(15-7-5-6-8-17(15)31-4)27(23(30)21(19)28)18-10-9-14(13-25-18)16-11-12-32-26-16/h5-13,20,28H,1-4H3. The van der Waals surface area contributed by atoms with E-state index in [0.717, 1.165) is 0 Å². The molecular formula is C24H23N3O5. The molecule has 164 valence electrons. The number of amides is 1. The summed E-state index contributed by atoms with van der Waals surface area (Å²) < 4.78 is 10.4. The first-order valence-corrected chi connectivity index (χ1v) is 10.0. The van der Waals surface area contributed by atoms with Crippen LogP contribution in [0.25, 0.3) is 11.3 Å². The van der Waals surface area contributed by atoms with Crippen molar-refractivity contribution in [3.8, 4) is 17.0 Å². The Morgan fingerprint density at radius 3 is 2.50 bits per heavy atom.